The lowest BCUT2D eigenvalue weighted by Gasteiger charge is -2.10. The van der Waals surface area contributed by atoms with Gasteiger partial charge in [0.1, 0.15) is 5.75 Å². The minimum Gasteiger partial charge on any atom is -0.483 e. The molecular weight excluding hydrogens is 308 g/mol. The predicted molar refractivity (Wildman–Crippen MR) is 90.4 cm³/mol. The minimum atomic E-state index is -0.643. The molecule has 6 nitrogen and oxygen atoms in total. The summed E-state index contributed by atoms with van der Waals surface area (Å²) in [4.78, 5) is 34.4. The molecule has 0 aromatic heterocycles. The molecule has 0 heterocycles. The van der Waals surface area contributed by atoms with E-state index in [4.69, 9.17) is 4.74 Å². The van der Waals surface area contributed by atoms with Crippen molar-refractivity contribution in [3.05, 3.63) is 59.2 Å². The summed E-state index contributed by atoms with van der Waals surface area (Å²) in [5.74, 6) is -0.325. The molecule has 0 aliphatic carbocycles. The number of amides is 3. The zero-order valence-corrected chi connectivity index (χ0v) is 13.5. The quantitative estimate of drug-likeness (QED) is 0.828. The molecule has 0 atom stereocenters. The molecule has 0 aliphatic rings. The molecule has 24 heavy (non-hydrogen) atoms. The van der Waals surface area contributed by atoms with Crippen LogP contribution in [-0.4, -0.2) is 24.8 Å². The van der Waals surface area contributed by atoms with E-state index in [1.807, 2.05) is 26.0 Å². The zero-order valence-electron chi connectivity index (χ0n) is 13.5. The van der Waals surface area contributed by atoms with E-state index in [-0.39, 0.29) is 12.4 Å². The topological polar surface area (TPSA) is 84.5 Å². The first kappa shape index (κ1) is 17.2. The summed E-state index contributed by atoms with van der Waals surface area (Å²) in [5.41, 5.74) is 3.08. The van der Waals surface area contributed by atoms with Crippen LogP contribution in [0.25, 0.3) is 0 Å². The molecule has 0 fully saturated rings. The molecule has 0 saturated heterocycles. The number of hydrogen-bond donors (Lipinski definition) is 2. The summed E-state index contributed by atoms with van der Waals surface area (Å²) in [6.07, 6.45) is 0.639. The maximum Gasteiger partial charge on any atom is 0.325 e. The van der Waals surface area contributed by atoms with Gasteiger partial charge in [-0.2, -0.15) is 0 Å². The van der Waals surface area contributed by atoms with Crippen LogP contribution in [0.1, 0.15) is 21.5 Å². The number of benzene rings is 2. The molecule has 0 bridgehead atoms. The van der Waals surface area contributed by atoms with E-state index in [1.54, 1.807) is 30.3 Å². The summed E-state index contributed by atoms with van der Waals surface area (Å²) in [7, 11) is 0. The van der Waals surface area contributed by atoms with Crippen LogP contribution in [0.2, 0.25) is 0 Å². The maximum atomic E-state index is 11.8. The van der Waals surface area contributed by atoms with Gasteiger partial charge in [0.2, 0.25) is 0 Å². The lowest BCUT2D eigenvalue weighted by atomic mass is 10.1. The van der Waals surface area contributed by atoms with E-state index in [2.05, 4.69) is 10.6 Å². The highest BCUT2D eigenvalue weighted by Gasteiger charge is 2.10. The van der Waals surface area contributed by atoms with E-state index in [0.29, 0.717) is 17.5 Å². The van der Waals surface area contributed by atoms with Crippen LogP contribution < -0.4 is 15.4 Å². The highest BCUT2D eigenvalue weighted by molar-refractivity contribution is 6.01. The van der Waals surface area contributed by atoms with E-state index in [0.717, 1.165) is 11.1 Å². The van der Waals surface area contributed by atoms with Crippen LogP contribution in [-0.2, 0) is 4.79 Å². The number of aldehydes is 1. The number of rotatable bonds is 5. The average Bonchev–Trinajstić information content (AvgIpc) is 2.56. The number of carbonyl (C=O) groups excluding carboxylic acids is 3. The highest BCUT2D eigenvalue weighted by Crippen LogP contribution is 2.15. The van der Waals surface area contributed by atoms with Crippen molar-refractivity contribution in [2.24, 2.45) is 0 Å². The third-order valence-corrected chi connectivity index (χ3v) is 3.42. The van der Waals surface area contributed by atoms with Gasteiger partial charge in [-0.1, -0.05) is 18.2 Å². The number of anilines is 1. The van der Waals surface area contributed by atoms with Crippen LogP contribution in [0.4, 0.5) is 10.5 Å². The second kappa shape index (κ2) is 7.92. The predicted octanol–water partition coefficient (Wildman–Crippen LogP) is 2.84. The number of ether oxygens (including phenoxy) is 1. The van der Waals surface area contributed by atoms with Gasteiger partial charge >= 0.3 is 6.03 Å². The number of nitrogens with one attached hydrogen (secondary N) is 2. The zero-order chi connectivity index (χ0) is 17.5. The number of aryl methyl sites for hydroxylation is 2. The van der Waals surface area contributed by atoms with E-state index in [1.165, 1.54) is 0 Å². The van der Waals surface area contributed by atoms with Gasteiger partial charge in [0, 0.05) is 5.69 Å². The van der Waals surface area contributed by atoms with Crippen LogP contribution in [0.15, 0.2) is 42.5 Å². The Morgan fingerprint density at radius 1 is 1.08 bits per heavy atom. The van der Waals surface area contributed by atoms with Crippen molar-refractivity contribution in [1.82, 2.24) is 5.32 Å². The van der Waals surface area contributed by atoms with E-state index < -0.39 is 11.9 Å². The van der Waals surface area contributed by atoms with Gasteiger partial charge in [0.05, 0.1) is 5.56 Å². The van der Waals surface area contributed by atoms with Crippen LogP contribution >= 0.6 is 0 Å². The third-order valence-electron chi connectivity index (χ3n) is 3.42. The van der Waals surface area contributed by atoms with Crippen LogP contribution in [0, 0.1) is 13.8 Å². The first-order valence-electron chi connectivity index (χ1n) is 7.34. The average molecular weight is 326 g/mol. The van der Waals surface area contributed by atoms with Gasteiger partial charge in [0.15, 0.2) is 12.9 Å². The normalized spacial score (nSPS) is 9.92. The smallest absolute Gasteiger partial charge is 0.325 e. The van der Waals surface area contributed by atoms with Crippen LogP contribution in [0.5, 0.6) is 5.75 Å². The first-order valence-corrected chi connectivity index (χ1v) is 7.34. The third kappa shape index (κ3) is 4.67. The van der Waals surface area contributed by atoms with Gasteiger partial charge < -0.3 is 10.1 Å². The summed E-state index contributed by atoms with van der Waals surface area (Å²) in [6.45, 7) is 3.53. The molecule has 2 N–H and O–H groups in total. The number of imide groups is 1. The first-order chi connectivity index (χ1) is 11.5. The Kier molecular flexibility index (Phi) is 5.68. The standard InChI is InChI=1S/C18H18N2O4/c1-12-7-8-15(9-13(12)2)19-18(23)20-17(22)11-24-16-6-4-3-5-14(16)10-21/h3-10H,11H2,1-2H3,(H2,19,20,22,23). The van der Waals surface area contributed by atoms with Crippen molar-refractivity contribution in [3.8, 4) is 5.75 Å². The van der Waals surface area contributed by atoms with Crippen molar-refractivity contribution >= 4 is 23.9 Å². The largest absolute Gasteiger partial charge is 0.483 e. The summed E-state index contributed by atoms with van der Waals surface area (Å²) < 4.78 is 5.25. The molecule has 2 rings (SSSR count). The van der Waals surface area contributed by atoms with Crippen molar-refractivity contribution < 1.29 is 19.1 Å². The Labute approximate surface area is 139 Å². The highest BCUT2D eigenvalue weighted by atomic mass is 16.5. The summed E-state index contributed by atoms with van der Waals surface area (Å²) in [6, 6.07) is 11.3. The fourth-order valence-corrected chi connectivity index (χ4v) is 2.00. The lowest BCUT2D eigenvalue weighted by Crippen LogP contribution is -2.37. The molecule has 3 amide bonds. The van der Waals surface area contributed by atoms with E-state index >= 15 is 0 Å². The molecule has 124 valence electrons. The Morgan fingerprint density at radius 2 is 1.83 bits per heavy atom. The monoisotopic (exact) mass is 326 g/mol. The Hall–Kier alpha value is -3.15. The number of carbonyl (C=O) groups is 3. The van der Waals surface area contributed by atoms with Crippen molar-refractivity contribution in [3.63, 3.8) is 0 Å². The van der Waals surface area contributed by atoms with Crippen molar-refractivity contribution in [1.29, 1.82) is 0 Å². The lowest BCUT2D eigenvalue weighted by molar-refractivity contribution is -0.121. The van der Waals surface area contributed by atoms with Crippen molar-refractivity contribution in [2.45, 2.75) is 13.8 Å². The minimum absolute atomic E-state index is 0.289. The Morgan fingerprint density at radius 3 is 2.54 bits per heavy atom. The maximum absolute atomic E-state index is 11.8. The molecule has 0 radical (unpaired) electrons. The second-order valence-electron chi connectivity index (χ2n) is 5.25. The van der Waals surface area contributed by atoms with Gasteiger partial charge in [-0.05, 0) is 49.2 Å². The molecule has 0 aliphatic heterocycles. The fourth-order valence-electron chi connectivity index (χ4n) is 2.00. The second-order valence-corrected chi connectivity index (χ2v) is 5.25. The molecule has 2 aromatic rings. The van der Waals surface area contributed by atoms with Gasteiger partial charge in [-0.3, -0.25) is 14.9 Å². The van der Waals surface area contributed by atoms with Gasteiger partial charge in [-0.25, -0.2) is 4.79 Å². The molecule has 0 saturated carbocycles. The Bertz CT molecular complexity index is 771. The summed E-state index contributed by atoms with van der Waals surface area (Å²) in [5, 5.41) is 4.75. The molecule has 6 heteroatoms. The van der Waals surface area contributed by atoms with Gasteiger partial charge in [0.25, 0.3) is 5.91 Å². The Balaban J connectivity index is 1.86. The number of urea groups is 1. The molecule has 0 spiro atoms. The van der Waals surface area contributed by atoms with Crippen molar-refractivity contribution in [2.75, 3.05) is 11.9 Å². The fraction of sp³-hybridized carbons (Fsp3) is 0.167. The molecule has 0 unspecified atom stereocenters. The summed E-state index contributed by atoms with van der Waals surface area (Å²) >= 11 is 0. The number of para-hydroxylation sites is 1. The SMILES string of the molecule is Cc1ccc(NC(=O)NC(=O)COc2ccccc2C=O)cc1C. The molecule has 2 aromatic carbocycles. The number of hydrogen-bond acceptors (Lipinski definition) is 4. The van der Waals surface area contributed by atoms with Gasteiger partial charge in [-0.15, -0.1) is 0 Å². The van der Waals surface area contributed by atoms with E-state index in [9.17, 15) is 14.4 Å². The van der Waals surface area contributed by atoms with Crippen LogP contribution in [0.3, 0.4) is 0 Å². The molecular formula is C18H18N2O4.